The van der Waals surface area contributed by atoms with Crippen molar-refractivity contribution in [1.82, 2.24) is 10.6 Å². The van der Waals surface area contributed by atoms with Crippen molar-refractivity contribution in [2.75, 3.05) is 0 Å². The number of amides is 3. The second-order valence-electron chi connectivity index (χ2n) is 4.04. The first-order chi connectivity index (χ1) is 9.16. The number of furan rings is 1. The molecule has 2 aromatic rings. The molecule has 5 heteroatoms. The topological polar surface area (TPSA) is 71.3 Å². The summed E-state index contributed by atoms with van der Waals surface area (Å²) in [6.45, 7) is 2.33. The summed E-state index contributed by atoms with van der Waals surface area (Å²) in [7, 11) is 0. The highest BCUT2D eigenvalue weighted by Crippen LogP contribution is 2.06. The van der Waals surface area contributed by atoms with E-state index in [0.29, 0.717) is 6.54 Å². The molecule has 0 aliphatic heterocycles. The molecular weight excluding hydrogens is 244 g/mol. The van der Waals surface area contributed by atoms with Gasteiger partial charge in [-0.2, -0.15) is 0 Å². The maximum absolute atomic E-state index is 11.5. The van der Waals surface area contributed by atoms with Crippen LogP contribution in [0.25, 0.3) is 0 Å². The molecule has 0 atom stereocenters. The average Bonchev–Trinajstić information content (AvgIpc) is 2.91. The van der Waals surface area contributed by atoms with Crippen molar-refractivity contribution in [2.24, 2.45) is 0 Å². The van der Waals surface area contributed by atoms with Crippen LogP contribution in [0.4, 0.5) is 4.79 Å². The van der Waals surface area contributed by atoms with Crippen LogP contribution in [0.1, 0.15) is 21.7 Å². The molecule has 1 aromatic heterocycles. The van der Waals surface area contributed by atoms with Crippen molar-refractivity contribution in [3.8, 4) is 0 Å². The first-order valence-electron chi connectivity index (χ1n) is 5.84. The molecular formula is C14H14N2O3. The summed E-state index contributed by atoms with van der Waals surface area (Å²) in [6.07, 6.45) is 1.38. The number of rotatable bonds is 3. The fraction of sp³-hybridized carbons (Fsp3) is 0.143. The molecule has 98 valence electrons. The third-order valence-electron chi connectivity index (χ3n) is 2.67. The summed E-state index contributed by atoms with van der Waals surface area (Å²) in [5, 5.41) is 4.81. The van der Waals surface area contributed by atoms with Crippen LogP contribution in [-0.4, -0.2) is 11.9 Å². The molecule has 0 saturated carbocycles. The molecule has 0 saturated heterocycles. The standard InChI is InChI=1S/C14H14N2O3/c1-10-5-2-3-6-11(10)9-15-14(18)16-13(17)12-7-4-8-19-12/h2-8H,9H2,1H3,(H2,15,16,17,18). The molecule has 3 amide bonds. The van der Waals surface area contributed by atoms with E-state index >= 15 is 0 Å². The monoisotopic (exact) mass is 258 g/mol. The summed E-state index contributed by atoms with van der Waals surface area (Å²) in [4.78, 5) is 23.1. The Morgan fingerprint density at radius 1 is 1.16 bits per heavy atom. The van der Waals surface area contributed by atoms with Gasteiger partial charge in [-0.1, -0.05) is 24.3 Å². The lowest BCUT2D eigenvalue weighted by Crippen LogP contribution is -2.39. The fourth-order valence-corrected chi connectivity index (χ4v) is 1.60. The van der Waals surface area contributed by atoms with Crippen LogP contribution in [0.15, 0.2) is 47.1 Å². The number of imide groups is 1. The van der Waals surface area contributed by atoms with Crippen molar-refractivity contribution in [2.45, 2.75) is 13.5 Å². The molecule has 0 unspecified atom stereocenters. The number of nitrogens with one attached hydrogen (secondary N) is 2. The fourth-order valence-electron chi connectivity index (χ4n) is 1.60. The van der Waals surface area contributed by atoms with Crippen LogP contribution in [-0.2, 0) is 6.54 Å². The number of hydrogen-bond donors (Lipinski definition) is 2. The van der Waals surface area contributed by atoms with Crippen LogP contribution in [0.2, 0.25) is 0 Å². The van der Waals surface area contributed by atoms with Crippen LogP contribution < -0.4 is 10.6 Å². The Bertz CT molecular complexity index is 576. The van der Waals surface area contributed by atoms with Gasteiger partial charge < -0.3 is 9.73 Å². The molecule has 2 N–H and O–H groups in total. The minimum atomic E-state index is -0.563. The smallest absolute Gasteiger partial charge is 0.322 e. The lowest BCUT2D eigenvalue weighted by molar-refractivity contribution is 0.0936. The van der Waals surface area contributed by atoms with Crippen LogP contribution in [0, 0.1) is 6.92 Å². The Hall–Kier alpha value is -2.56. The number of benzene rings is 1. The van der Waals surface area contributed by atoms with Crippen LogP contribution >= 0.6 is 0 Å². The third kappa shape index (κ3) is 3.45. The number of urea groups is 1. The molecule has 19 heavy (non-hydrogen) atoms. The van der Waals surface area contributed by atoms with Crippen molar-refractivity contribution < 1.29 is 14.0 Å². The number of carbonyl (C=O) groups is 2. The molecule has 0 bridgehead atoms. The Kier molecular flexibility index (Phi) is 3.97. The first-order valence-corrected chi connectivity index (χ1v) is 5.84. The van der Waals surface area contributed by atoms with Crippen molar-refractivity contribution in [1.29, 1.82) is 0 Å². The Morgan fingerprint density at radius 2 is 1.95 bits per heavy atom. The summed E-state index contributed by atoms with van der Waals surface area (Å²) in [6, 6.07) is 10.2. The minimum absolute atomic E-state index is 0.103. The van der Waals surface area contributed by atoms with Crippen molar-refractivity contribution in [3.05, 3.63) is 59.5 Å². The van der Waals surface area contributed by atoms with E-state index in [1.165, 1.54) is 12.3 Å². The Labute approximate surface area is 110 Å². The van der Waals surface area contributed by atoms with Gasteiger partial charge in [0.1, 0.15) is 0 Å². The zero-order valence-corrected chi connectivity index (χ0v) is 10.5. The number of aryl methyl sites for hydroxylation is 1. The van der Waals surface area contributed by atoms with Gasteiger partial charge in [-0.15, -0.1) is 0 Å². The van der Waals surface area contributed by atoms with Gasteiger partial charge in [0, 0.05) is 6.54 Å². The Morgan fingerprint density at radius 3 is 2.63 bits per heavy atom. The highest BCUT2D eigenvalue weighted by atomic mass is 16.3. The molecule has 0 aliphatic carbocycles. The van der Waals surface area contributed by atoms with Gasteiger partial charge in [-0.05, 0) is 30.2 Å². The van der Waals surface area contributed by atoms with Gasteiger partial charge in [0.2, 0.25) is 0 Å². The maximum Gasteiger partial charge on any atom is 0.322 e. The second kappa shape index (κ2) is 5.86. The van der Waals surface area contributed by atoms with E-state index in [0.717, 1.165) is 11.1 Å². The Balaban J connectivity index is 1.85. The molecule has 1 aromatic carbocycles. The minimum Gasteiger partial charge on any atom is -0.459 e. The quantitative estimate of drug-likeness (QED) is 0.886. The van der Waals surface area contributed by atoms with Gasteiger partial charge in [0.15, 0.2) is 5.76 Å². The van der Waals surface area contributed by atoms with Gasteiger partial charge in [0.05, 0.1) is 6.26 Å². The summed E-state index contributed by atoms with van der Waals surface area (Å²) < 4.78 is 4.89. The predicted molar refractivity (Wildman–Crippen MR) is 69.6 cm³/mol. The van der Waals surface area contributed by atoms with Gasteiger partial charge in [-0.3, -0.25) is 10.1 Å². The van der Waals surface area contributed by atoms with E-state index in [1.807, 2.05) is 31.2 Å². The molecule has 0 spiro atoms. The highest BCUT2D eigenvalue weighted by molar-refractivity contribution is 6.02. The van der Waals surface area contributed by atoms with Gasteiger partial charge in [0.25, 0.3) is 5.91 Å². The summed E-state index contributed by atoms with van der Waals surface area (Å²) in [5.74, 6) is -0.460. The molecule has 1 heterocycles. The van der Waals surface area contributed by atoms with E-state index in [4.69, 9.17) is 4.42 Å². The van der Waals surface area contributed by atoms with E-state index in [1.54, 1.807) is 6.07 Å². The van der Waals surface area contributed by atoms with E-state index in [2.05, 4.69) is 10.6 Å². The predicted octanol–water partition coefficient (Wildman–Crippen LogP) is 2.23. The van der Waals surface area contributed by atoms with Gasteiger partial charge in [-0.25, -0.2) is 4.79 Å². The number of hydrogen-bond acceptors (Lipinski definition) is 3. The first kappa shape index (κ1) is 12.9. The van der Waals surface area contributed by atoms with Crippen LogP contribution in [0.5, 0.6) is 0 Å². The average molecular weight is 258 g/mol. The highest BCUT2D eigenvalue weighted by Gasteiger charge is 2.12. The third-order valence-corrected chi connectivity index (χ3v) is 2.67. The lowest BCUT2D eigenvalue weighted by atomic mass is 10.1. The van der Waals surface area contributed by atoms with E-state index < -0.39 is 11.9 Å². The van der Waals surface area contributed by atoms with Crippen LogP contribution in [0.3, 0.4) is 0 Å². The molecule has 0 aliphatic rings. The summed E-state index contributed by atoms with van der Waals surface area (Å²) in [5.41, 5.74) is 2.09. The maximum atomic E-state index is 11.5. The SMILES string of the molecule is Cc1ccccc1CNC(=O)NC(=O)c1ccco1. The zero-order valence-electron chi connectivity index (χ0n) is 10.5. The lowest BCUT2D eigenvalue weighted by Gasteiger charge is -2.07. The normalized spacial score (nSPS) is 9.95. The van der Waals surface area contributed by atoms with Crippen molar-refractivity contribution in [3.63, 3.8) is 0 Å². The van der Waals surface area contributed by atoms with E-state index in [-0.39, 0.29) is 5.76 Å². The molecule has 5 nitrogen and oxygen atoms in total. The molecule has 0 radical (unpaired) electrons. The molecule has 2 rings (SSSR count). The second-order valence-corrected chi connectivity index (χ2v) is 4.04. The van der Waals surface area contributed by atoms with Crippen molar-refractivity contribution >= 4 is 11.9 Å². The zero-order chi connectivity index (χ0) is 13.7. The van der Waals surface area contributed by atoms with E-state index in [9.17, 15) is 9.59 Å². The van der Waals surface area contributed by atoms with Gasteiger partial charge >= 0.3 is 6.03 Å². The number of carbonyl (C=O) groups excluding carboxylic acids is 2. The largest absolute Gasteiger partial charge is 0.459 e. The molecule has 0 fully saturated rings. The summed E-state index contributed by atoms with van der Waals surface area (Å²) >= 11 is 0.